The molecular formula is C17H29NO2. The third kappa shape index (κ3) is 5.61. The largest absolute Gasteiger partial charge is 0.387 e. The van der Waals surface area contributed by atoms with Crippen LogP contribution < -0.4 is 5.32 Å². The van der Waals surface area contributed by atoms with E-state index in [2.05, 4.69) is 38.2 Å². The molecule has 2 unspecified atom stereocenters. The lowest BCUT2D eigenvalue weighted by Crippen LogP contribution is -2.36. The predicted octanol–water partition coefficient (Wildman–Crippen LogP) is 2.93. The molecule has 114 valence electrons. The van der Waals surface area contributed by atoms with Crippen LogP contribution in [0.1, 0.15) is 44.4 Å². The molecule has 0 amide bonds. The van der Waals surface area contributed by atoms with Crippen molar-refractivity contribution in [1.29, 1.82) is 0 Å². The van der Waals surface area contributed by atoms with Crippen molar-refractivity contribution in [1.82, 2.24) is 5.32 Å². The van der Waals surface area contributed by atoms with E-state index in [0.717, 1.165) is 24.9 Å². The Morgan fingerprint density at radius 1 is 1.20 bits per heavy atom. The van der Waals surface area contributed by atoms with Crippen LogP contribution in [0.3, 0.4) is 0 Å². The average molecular weight is 279 g/mol. The third-order valence-corrected chi connectivity index (χ3v) is 3.50. The van der Waals surface area contributed by atoms with Gasteiger partial charge in [-0.1, -0.05) is 45.0 Å². The zero-order valence-electron chi connectivity index (χ0n) is 13.2. The number of nitrogens with one attached hydrogen (secondary N) is 1. The lowest BCUT2D eigenvalue weighted by Gasteiger charge is -2.23. The van der Waals surface area contributed by atoms with Crippen LogP contribution in [0.4, 0.5) is 0 Å². The predicted molar refractivity (Wildman–Crippen MR) is 83.9 cm³/mol. The molecule has 0 saturated heterocycles. The maximum Gasteiger partial charge on any atom is 0.0942 e. The van der Waals surface area contributed by atoms with Crippen LogP contribution in [0.2, 0.25) is 0 Å². The number of hydrogen-bond donors (Lipinski definition) is 2. The van der Waals surface area contributed by atoms with Gasteiger partial charge in [0.25, 0.3) is 0 Å². The molecule has 0 bridgehead atoms. The van der Waals surface area contributed by atoms with Crippen LogP contribution >= 0.6 is 0 Å². The maximum atomic E-state index is 10.4. The third-order valence-electron chi connectivity index (χ3n) is 3.50. The molecular weight excluding hydrogens is 250 g/mol. The van der Waals surface area contributed by atoms with Crippen LogP contribution in [0.15, 0.2) is 24.3 Å². The fraction of sp³-hybridized carbons (Fsp3) is 0.647. The van der Waals surface area contributed by atoms with E-state index in [1.807, 2.05) is 12.1 Å². The maximum absolute atomic E-state index is 10.4. The van der Waals surface area contributed by atoms with Crippen molar-refractivity contribution in [3.05, 3.63) is 35.4 Å². The van der Waals surface area contributed by atoms with Gasteiger partial charge >= 0.3 is 0 Å². The van der Waals surface area contributed by atoms with Crippen molar-refractivity contribution in [2.24, 2.45) is 5.92 Å². The number of rotatable bonds is 9. The fourth-order valence-corrected chi connectivity index (χ4v) is 2.38. The van der Waals surface area contributed by atoms with E-state index in [1.54, 1.807) is 7.11 Å². The molecule has 20 heavy (non-hydrogen) atoms. The summed E-state index contributed by atoms with van der Waals surface area (Å²) in [4.78, 5) is 0. The van der Waals surface area contributed by atoms with Crippen LogP contribution in [0.5, 0.6) is 0 Å². The van der Waals surface area contributed by atoms with E-state index in [1.165, 1.54) is 5.56 Å². The Morgan fingerprint density at radius 3 is 2.35 bits per heavy atom. The quantitative estimate of drug-likeness (QED) is 0.683. The Hall–Kier alpha value is -0.900. The van der Waals surface area contributed by atoms with E-state index >= 15 is 0 Å². The lowest BCUT2D eigenvalue weighted by atomic mass is 9.96. The molecule has 0 aromatic heterocycles. The molecule has 0 aliphatic rings. The molecule has 0 aliphatic carbocycles. The SMILES string of the molecule is CCC(NCCOC)C(O)c1ccc(CC(C)C)cc1. The van der Waals surface area contributed by atoms with Gasteiger partial charge < -0.3 is 15.2 Å². The van der Waals surface area contributed by atoms with Gasteiger partial charge in [-0.25, -0.2) is 0 Å². The molecule has 0 spiro atoms. The molecule has 1 rings (SSSR count). The molecule has 3 nitrogen and oxygen atoms in total. The zero-order chi connectivity index (χ0) is 15.0. The van der Waals surface area contributed by atoms with Crippen molar-refractivity contribution >= 4 is 0 Å². The number of hydrogen-bond acceptors (Lipinski definition) is 3. The van der Waals surface area contributed by atoms with Crippen molar-refractivity contribution in [2.75, 3.05) is 20.3 Å². The number of benzene rings is 1. The summed E-state index contributed by atoms with van der Waals surface area (Å²) in [5.41, 5.74) is 2.31. The monoisotopic (exact) mass is 279 g/mol. The van der Waals surface area contributed by atoms with E-state index < -0.39 is 6.10 Å². The summed E-state index contributed by atoms with van der Waals surface area (Å²) < 4.78 is 5.03. The second kappa shape index (κ2) is 9.11. The first-order valence-corrected chi connectivity index (χ1v) is 7.57. The van der Waals surface area contributed by atoms with Crippen LogP contribution in [-0.2, 0) is 11.2 Å². The lowest BCUT2D eigenvalue weighted by molar-refractivity contribution is 0.117. The molecule has 1 aromatic rings. The van der Waals surface area contributed by atoms with E-state index in [0.29, 0.717) is 12.5 Å². The Balaban J connectivity index is 2.62. The molecule has 1 aromatic carbocycles. The summed E-state index contributed by atoms with van der Waals surface area (Å²) in [7, 11) is 1.69. The molecule has 0 fully saturated rings. The summed E-state index contributed by atoms with van der Waals surface area (Å²) in [5.74, 6) is 0.657. The highest BCUT2D eigenvalue weighted by Crippen LogP contribution is 2.20. The standard InChI is InChI=1S/C17H29NO2/c1-5-16(18-10-11-20-4)17(19)15-8-6-14(7-9-15)12-13(2)3/h6-9,13,16-19H,5,10-12H2,1-4H3. The number of ether oxygens (including phenoxy) is 1. The molecule has 3 heteroatoms. The van der Waals surface area contributed by atoms with Crippen LogP contribution in [0.25, 0.3) is 0 Å². The highest BCUT2D eigenvalue weighted by Gasteiger charge is 2.18. The second-order valence-corrected chi connectivity index (χ2v) is 5.75. The molecule has 2 atom stereocenters. The molecule has 0 heterocycles. The number of aliphatic hydroxyl groups excluding tert-OH is 1. The van der Waals surface area contributed by atoms with Gasteiger partial charge in [0.1, 0.15) is 0 Å². The molecule has 0 radical (unpaired) electrons. The van der Waals surface area contributed by atoms with E-state index in [9.17, 15) is 5.11 Å². The van der Waals surface area contributed by atoms with Crippen molar-refractivity contribution in [3.8, 4) is 0 Å². The van der Waals surface area contributed by atoms with Gasteiger partial charge in [-0.3, -0.25) is 0 Å². The van der Waals surface area contributed by atoms with Gasteiger partial charge in [0.05, 0.1) is 12.7 Å². The van der Waals surface area contributed by atoms with Crippen LogP contribution in [-0.4, -0.2) is 31.4 Å². The highest BCUT2D eigenvalue weighted by molar-refractivity contribution is 5.25. The smallest absolute Gasteiger partial charge is 0.0942 e. The van der Waals surface area contributed by atoms with Gasteiger partial charge in [-0.15, -0.1) is 0 Å². The minimum atomic E-state index is -0.468. The highest BCUT2D eigenvalue weighted by atomic mass is 16.5. The summed E-state index contributed by atoms with van der Waals surface area (Å²) in [6, 6.07) is 8.41. The average Bonchev–Trinajstić information content (AvgIpc) is 2.43. The zero-order valence-corrected chi connectivity index (χ0v) is 13.2. The summed E-state index contributed by atoms with van der Waals surface area (Å²) in [6.45, 7) is 7.94. The van der Waals surface area contributed by atoms with Gasteiger partial charge in [0.15, 0.2) is 0 Å². The molecule has 0 saturated carbocycles. The summed E-state index contributed by atoms with van der Waals surface area (Å²) in [6.07, 6.45) is 1.50. The van der Waals surface area contributed by atoms with Crippen molar-refractivity contribution < 1.29 is 9.84 Å². The molecule has 2 N–H and O–H groups in total. The Labute approximate surface area is 123 Å². The normalized spacial score (nSPS) is 14.5. The number of methoxy groups -OCH3 is 1. The van der Waals surface area contributed by atoms with Crippen LogP contribution in [0, 0.1) is 5.92 Å². The first-order valence-electron chi connectivity index (χ1n) is 7.57. The van der Waals surface area contributed by atoms with Gasteiger partial charge in [-0.05, 0) is 29.9 Å². The Bertz CT molecular complexity index is 362. The van der Waals surface area contributed by atoms with Crippen molar-refractivity contribution in [3.63, 3.8) is 0 Å². The van der Waals surface area contributed by atoms with Gasteiger partial charge in [-0.2, -0.15) is 0 Å². The fourth-order valence-electron chi connectivity index (χ4n) is 2.38. The summed E-state index contributed by atoms with van der Waals surface area (Å²) in [5, 5.41) is 13.8. The van der Waals surface area contributed by atoms with E-state index in [-0.39, 0.29) is 6.04 Å². The van der Waals surface area contributed by atoms with Crippen molar-refractivity contribution in [2.45, 2.75) is 45.8 Å². The number of aliphatic hydroxyl groups is 1. The first-order chi connectivity index (χ1) is 9.58. The first kappa shape index (κ1) is 17.2. The topological polar surface area (TPSA) is 41.5 Å². The second-order valence-electron chi connectivity index (χ2n) is 5.75. The minimum absolute atomic E-state index is 0.0705. The minimum Gasteiger partial charge on any atom is -0.387 e. The Morgan fingerprint density at radius 2 is 1.85 bits per heavy atom. The van der Waals surface area contributed by atoms with Gasteiger partial charge in [0.2, 0.25) is 0 Å². The summed E-state index contributed by atoms with van der Waals surface area (Å²) >= 11 is 0. The van der Waals surface area contributed by atoms with Gasteiger partial charge in [0, 0.05) is 19.7 Å². The molecule has 0 aliphatic heterocycles. The van der Waals surface area contributed by atoms with E-state index in [4.69, 9.17) is 4.74 Å². The Kier molecular flexibility index (Phi) is 7.82.